The molecule has 0 aromatic carbocycles. The smallest absolute Gasteiger partial charge is 0.246 e. The second kappa shape index (κ2) is 37.8. The Morgan fingerprint density at radius 3 is 1.28 bits per heavy atom. The Bertz CT molecular complexity index is 2360. The number of aliphatic hydroxyl groups excluding tert-OH is 1. The standard InChI is InChI=1S/C65H119N11O12/c1-27-29-30-43(17)55(78)54(59(82)68-46(28-2)62(85)70(20)35-51(77)74(24)52(41(13)14)56(66)79)76(26)65(88)53(42(15)16)75(25)64(87)50(34-39(9)10)73(23)63(86)49(33-38(7)8)72(22)61(84)45(19)67-57(80)47(31-36(3)4)69-58(81)48(32-37(5)6)71(21)60(83)44(18)40(11)12/h27,29,36-50,52-55,78H,28,30-35H2,1-26H3,(H2,66,79)(H,67,80)(H,68,82)(H,69,81)/b29-27-/t43-,44-,45+,46+,47?,48+,49-,50-,52-,53-,54?,55+/m1/s1. The first-order valence-corrected chi connectivity index (χ1v) is 31.8. The summed E-state index contributed by atoms with van der Waals surface area (Å²) in [6.45, 7) is 34.0. The zero-order valence-corrected chi connectivity index (χ0v) is 58.7. The third-order valence-corrected chi connectivity index (χ3v) is 16.7. The van der Waals surface area contributed by atoms with Crippen molar-refractivity contribution >= 4 is 65.0 Å². The van der Waals surface area contributed by atoms with Crippen molar-refractivity contribution in [2.45, 2.75) is 231 Å². The highest BCUT2D eigenvalue weighted by Crippen LogP contribution is 2.26. The molecule has 6 N–H and O–H groups in total. The molecule has 0 heterocycles. The normalized spacial score (nSPS) is 16.0. The summed E-state index contributed by atoms with van der Waals surface area (Å²) in [7, 11) is 10.1. The predicted octanol–water partition coefficient (Wildman–Crippen LogP) is 4.53. The first-order chi connectivity index (χ1) is 40.5. The van der Waals surface area contributed by atoms with Crippen LogP contribution in [0.2, 0.25) is 0 Å². The average Bonchev–Trinajstić information content (AvgIpc) is 1.52. The molecule has 0 radical (unpaired) electrons. The van der Waals surface area contributed by atoms with Crippen molar-refractivity contribution in [2.75, 3.05) is 55.9 Å². The maximum Gasteiger partial charge on any atom is 0.246 e. The maximum absolute atomic E-state index is 15.2. The van der Waals surface area contributed by atoms with Crippen LogP contribution in [0.5, 0.6) is 0 Å². The summed E-state index contributed by atoms with van der Waals surface area (Å²) in [4.78, 5) is 164. The monoisotopic (exact) mass is 1250 g/mol. The van der Waals surface area contributed by atoms with Crippen LogP contribution in [-0.2, 0) is 52.7 Å². The summed E-state index contributed by atoms with van der Waals surface area (Å²) in [6.07, 6.45) is 3.34. The van der Waals surface area contributed by atoms with E-state index in [1.165, 1.54) is 73.7 Å². The van der Waals surface area contributed by atoms with Gasteiger partial charge in [0, 0.05) is 55.3 Å². The van der Waals surface area contributed by atoms with Gasteiger partial charge in [0.2, 0.25) is 65.0 Å². The Balaban J connectivity index is 7.23. The van der Waals surface area contributed by atoms with E-state index < -0.39 is 138 Å². The Hall–Kier alpha value is -6.13. The van der Waals surface area contributed by atoms with Crippen molar-refractivity contribution in [3.05, 3.63) is 12.2 Å². The van der Waals surface area contributed by atoms with Crippen molar-refractivity contribution < 1.29 is 57.8 Å². The zero-order valence-electron chi connectivity index (χ0n) is 58.7. The van der Waals surface area contributed by atoms with Crippen molar-refractivity contribution in [2.24, 2.45) is 59.0 Å². The molecule has 0 rings (SSSR count). The quantitative estimate of drug-likeness (QED) is 0.0537. The van der Waals surface area contributed by atoms with Gasteiger partial charge in [0.25, 0.3) is 0 Å². The van der Waals surface area contributed by atoms with E-state index in [1.54, 1.807) is 67.7 Å². The number of primary amides is 1. The first-order valence-electron chi connectivity index (χ1n) is 31.8. The second-order valence-electron chi connectivity index (χ2n) is 27.3. The number of nitrogens with two attached hydrogens (primary N) is 1. The molecule has 0 saturated heterocycles. The molecule has 23 heteroatoms. The number of carbonyl (C=O) groups excluding carboxylic acids is 11. The van der Waals surface area contributed by atoms with E-state index in [9.17, 15) is 43.5 Å². The molecule has 88 heavy (non-hydrogen) atoms. The first kappa shape index (κ1) is 81.9. The van der Waals surface area contributed by atoms with Gasteiger partial charge in [0.15, 0.2) is 0 Å². The van der Waals surface area contributed by atoms with E-state index in [1.807, 2.05) is 76.2 Å². The van der Waals surface area contributed by atoms with Gasteiger partial charge in [-0.05, 0) is 99.7 Å². The Morgan fingerprint density at radius 2 is 0.864 bits per heavy atom. The van der Waals surface area contributed by atoms with Gasteiger partial charge < -0.3 is 61.1 Å². The van der Waals surface area contributed by atoms with Crippen LogP contribution in [0.25, 0.3) is 0 Å². The van der Waals surface area contributed by atoms with E-state index in [0.717, 1.165) is 9.80 Å². The molecule has 0 aliphatic carbocycles. The summed E-state index contributed by atoms with van der Waals surface area (Å²) in [5.41, 5.74) is 5.59. The lowest BCUT2D eigenvalue weighted by molar-refractivity contribution is -0.157. The zero-order chi connectivity index (χ0) is 68.8. The van der Waals surface area contributed by atoms with Crippen LogP contribution < -0.4 is 21.7 Å². The van der Waals surface area contributed by atoms with Crippen LogP contribution in [0.3, 0.4) is 0 Å². The second-order valence-corrected chi connectivity index (χ2v) is 27.3. The Morgan fingerprint density at radius 1 is 0.443 bits per heavy atom. The van der Waals surface area contributed by atoms with Gasteiger partial charge >= 0.3 is 0 Å². The molecule has 0 saturated carbocycles. The van der Waals surface area contributed by atoms with Gasteiger partial charge in [0.05, 0.1) is 12.6 Å². The highest BCUT2D eigenvalue weighted by Gasteiger charge is 2.45. The minimum Gasteiger partial charge on any atom is -0.390 e. The summed E-state index contributed by atoms with van der Waals surface area (Å²) in [5.74, 6) is -8.78. The van der Waals surface area contributed by atoms with Crippen molar-refractivity contribution in [1.82, 2.24) is 50.2 Å². The van der Waals surface area contributed by atoms with Crippen LogP contribution >= 0.6 is 0 Å². The predicted molar refractivity (Wildman–Crippen MR) is 344 cm³/mol. The molecule has 23 nitrogen and oxygen atoms in total. The molecule has 0 fully saturated rings. The molecular formula is C65H119N11O12. The molecule has 506 valence electrons. The lowest BCUT2D eigenvalue weighted by atomic mass is 9.91. The van der Waals surface area contributed by atoms with E-state index in [4.69, 9.17) is 5.73 Å². The van der Waals surface area contributed by atoms with Gasteiger partial charge in [-0.15, -0.1) is 0 Å². The van der Waals surface area contributed by atoms with E-state index in [2.05, 4.69) is 16.0 Å². The molecule has 0 bridgehead atoms. The van der Waals surface area contributed by atoms with E-state index in [-0.39, 0.29) is 73.0 Å². The van der Waals surface area contributed by atoms with Crippen LogP contribution in [0.4, 0.5) is 0 Å². The average molecular weight is 1250 g/mol. The number of nitrogens with one attached hydrogen (secondary N) is 3. The number of amides is 11. The van der Waals surface area contributed by atoms with Gasteiger partial charge in [-0.2, -0.15) is 0 Å². The lowest BCUT2D eigenvalue weighted by Crippen LogP contribution is -2.63. The number of rotatable bonds is 37. The Kier molecular flexibility index (Phi) is 35.1. The topological polar surface area (TPSA) is 293 Å². The summed E-state index contributed by atoms with van der Waals surface area (Å²) >= 11 is 0. The number of hydrogen-bond donors (Lipinski definition) is 5. The SMILES string of the molecule is C/C=C\C[C@@H](C)[C@H](O)C(C(=O)N[C@@H](CC)C(=O)N(C)CC(=O)N(C)[C@@H](C(N)=O)C(C)C)N(C)C(=O)[C@@H](C(C)C)N(C)C(=O)[C@@H](CC(C)C)N(C)C(=O)[C@@H](CC(C)C)N(C)C(=O)[C@H](C)NC(=O)C(CC(C)C)NC(=O)[C@H](CC(C)C)N(C)C(=O)[C@H](C)C(C)C. The molecule has 0 spiro atoms. The summed E-state index contributed by atoms with van der Waals surface area (Å²) in [6, 6.07) is -10.4. The molecule has 12 atom stereocenters. The van der Waals surface area contributed by atoms with Gasteiger partial charge in [-0.1, -0.05) is 130 Å². The lowest BCUT2D eigenvalue weighted by Gasteiger charge is -2.41. The largest absolute Gasteiger partial charge is 0.390 e. The third-order valence-electron chi connectivity index (χ3n) is 16.7. The van der Waals surface area contributed by atoms with E-state index in [0.29, 0.717) is 12.8 Å². The molecule has 0 aliphatic rings. The fraction of sp³-hybridized carbons (Fsp3) is 0.800. The number of nitrogens with zero attached hydrogens (tertiary/aromatic N) is 7. The Labute approximate surface area is 528 Å². The number of aliphatic hydroxyl groups is 1. The fourth-order valence-corrected chi connectivity index (χ4v) is 10.9. The van der Waals surface area contributed by atoms with Gasteiger partial charge in [0.1, 0.15) is 54.4 Å². The van der Waals surface area contributed by atoms with Gasteiger partial charge in [-0.25, -0.2) is 0 Å². The molecule has 0 aliphatic heterocycles. The van der Waals surface area contributed by atoms with Gasteiger partial charge in [-0.3, -0.25) is 52.7 Å². The van der Waals surface area contributed by atoms with Crippen LogP contribution in [0, 0.1) is 53.3 Å². The molecule has 11 amide bonds. The van der Waals surface area contributed by atoms with Crippen LogP contribution in [-0.4, -0.2) is 221 Å². The molecule has 0 aromatic heterocycles. The molecular weight excluding hydrogens is 1130 g/mol. The highest BCUT2D eigenvalue weighted by molar-refractivity contribution is 5.99. The number of likely N-dealkylation sites (N-methyl/N-ethyl adjacent to an activating group) is 7. The molecule has 0 aromatic rings. The fourth-order valence-electron chi connectivity index (χ4n) is 10.9. The summed E-state index contributed by atoms with van der Waals surface area (Å²) < 4.78 is 0. The van der Waals surface area contributed by atoms with E-state index >= 15 is 14.4 Å². The number of carbonyl (C=O) groups is 11. The number of allylic oxidation sites excluding steroid dienone is 2. The van der Waals surface area contributed by atoms with Crippen molar-refractivity contribution in [3.63, 3.8) is 0 Å². The minimum absolute atomic E-state index is 0.0334. The minimum atomic E-state index is -1.60. The number of hydrogen-bond acceptors (Lipinski definition) is 12. The van der Waals surface area contributed by atoms with Crippen LogP contribution in [0.1, 0.15) is 170 Å². The summed E-state index contributed by atoms with van der Waals surface area (Å²) in [5, 5.41) is 20.4. The van der Waals surface area contributed by atoms with Crippen LogP contribution in [0.15, 0.2) is 12.2 Å². The maximum atomic E-state index is 15.2. The highest BCUT2D eigenvalue weighted by atomic mass is 16.3. The third kappa shape index (κ3) is 24.0. The van der Waals surface area contributed by atoms with Crippen molar-refractivity contribution in [1.29, 1.82) is 0 Å². The van der Waals surface area contributed by atoms with Crippen molar-refractivity contribution in [3.8, 4) is 0 Å². The molecule has 2 unspecified atom stereocenters.